The normalized spacial score (nSPS) is 35.6. The summed E-state index contributed by atoms with van der Waals surface area (Å²) in [4.78, 5) is 12.1. The van der Waals surface area contributed by atoms with E-state index in [1.54, 1.807) is 0 Å². The first-order valence-corrected chi connectivity index (χ1v) is 6.94. The first-order valence-electron chi connectivity index (χ1n) is 6.94. The third kappa shape index (κ3) is 3.39. The molecule has 1 amide bonds. The van der Waals surface area contributed by atoms with Crippen LogP contribution in [0.4, 0.5) is 0 Å². The molecule has 0 radical (unpaired) electrons. The fourth-order valence-electron chi connectivity index (χ4n) is 3.39. The molecule has 2 bridgehead atoms. The molecular formula is C14H27ClN2O. The zero-order valence-corrected chi connectivity index (χ0v) is 12.6. The molecule has 2 saturated carbocycles. The molecule has 3 N–H and O–H groups in total. The van der Waals surface area contributed by atoms with Crippen molar-refractivity contribution in [1.82, 2.24) is 5.32 Å². The largest absolute Gasteiger partial charge is 0.352 e. The van der Waals surface area contributed by atoms with E-state index in [1.807, 2.05) is 20.8 Å². The summed E-state index contributed by atoms with van der Waals surface area (Å²) in [6, 6.07) is 0.739. The maximum atomic E-state index is 12.1. The fourth-order valence-corrected chi connectivity index (χ4v) is 3.39. The average molecular weight is 275 g/mol. The summed E-state index contributed by atoms with van der Waals surface area (Å²) >= 11 is 0. The van der Waals surface area contributed by atoms with Crippen LogP contribution in [0, 0.1) is 17.3 Å². The van der Waals surface area contributed by atoms with E-state index in [-0.39, 0.29) is 23.7 Å². The molecule has 2 rings (SSSR count). The molecule has 0 aromatic carbocycles. The van der Waals surface area contributed by atoms with Gasteiger partial charge in [-0.25, -0.2) is 0 Å². The summed E-state index contributed by atoms with van der Waals surface area (Å²) in [5, 5.41) is 3.29. The predicted molar refractivity (Wildman–Crippen MR) is 76.7 cm³/mol. The van der Waals surface area contributed by atoms with E-state index >= 15 is 0 Å². The van der Waals surface area contributed by atoms with Crippen LogP contribution in [0.15, 0.2) is 0 Å². The number of nitrogens with one attached hydrogen (secondary N) is 1. The Labute approximate surface area is 117 Å². The van der Waals surface area contributed by atoms with Crippen molar-refractivity contribution >= 4 is 18.3 Å². The SMILES string of the molecule is CC(C)(C)C(=O)NC1C2CCCC1CC(N)C2.Cl. The topological polar surface area (TPSA) is 55.1 Å². The number of hydrogen-bond acceptors (Lipinski definition) is 2. The monoisotopic (exact) mass is 274 g/mol. The molecule has 0 aromatic heterocycles. The molecule has 3 nitrogen and oxygen atoms in total. The van der Waals surface area contributed by atoms with E-state index in [0.29, 0.717) is 23.9 Å². The van der Waals surface area contributed by atoms with E-state index in [4.69, 9.17) is 5.73 Å². The minimum absolute atomic E-state index is 0. The van der Waals surface area contributed by atoms with Gasteiger partial charge in [-0.1, -0.05) is 27.2 Å². The second kappa shape index (κ2) is 5.79. The van der Waals surface area contributed by atoms with Crippen molar-refractivity contribution < 1.29 is 4.79 Å². The van der Waals surface area contributed by atoms with Crippen molar-refractivity contribution in [3.8, 4) is 0 Å². The molecule has 2 aliphatic carbocycles. The number of hydrogen-bond donors (Lipinski definition) is 2. The second-order valence-corrected chi connectivity index (χ2v) is 6.93. The van der Waals surface area contributed by atoms with Crippen LogP contribution in [0.5, 0.6) is 0 Å². The molecule has 2 unspecified atom stereocenters. The number of rotatable bonds is 1. The Morgan fingerprint density at radius 1 is 1.17 bits per heavy atom. The van der Waals surface area contributed by atoms with E-state index in [0.717, 1.165) is 12.8 Å². The molecule has 0 saturated heterocycles. The lowest BCUT2D eigenvalue weighted by molar-refractivity contribution is -0.130. The summed E-state index contributed by atoms with van der Waals surface area (Å²) in [7, 11) is 0. The smallest absolute Gasteiger partial charge is 0.225 e. The Kier molecular flexibility index (Phi) is 5.07. The lowest BCUT2D eigenvalue weighted by Gasteiger charge is -2.45. The highest BCUT2D eigenvalue weighted by atomic mass is 35.5. The van der Waals surface area contributed by atoms with Gasteiger partial charge in [-0.15, -0.1) is 12.4 Å². The van der Waals surface area contributed by atoms with E-state index < -0.39 is 0 Å². The van der Waals surface area contributed by atoms with Crippen LogP contribution in [0.3, 0.4) is 0 Å². The van der Waals surface area contributed by atoms with E-state index in [2.05, 4.69) is 5.32 Å². The highest BCUT2D eigenvalue weighted by molar-refractivity contribution is 5.85. The maximum absolute atomic E-state index is 12.1. The Hall–Kier alpha value is -0.280. The first kappa shape index (κ1) is 15.8. The van der Waals surface area contributed by atoms with Crippen molar-refractivity contribution in [3.05, 3.63) is 0 Å². The molecular weight excluding hydrogens is 248 g/mol. The summed E-state index contributed by atoms with van der Waals surface area (Å²) < 4.78 is 0. The molecule has 18 heavy (non-hydrogen) atoms. The van der Waals surface area contributed by atoms with Crippen LogP contribution in [0.25, 0.3) is 0 Å². The van der Waals surface area contributed by atoms with Crippen LogP contribution >= 0.6 is 12.4 Å². The summed E-state index contributed by atoms with van der Waals surface area (Å²) in [5.74, 6) is 1.42. The van der Waals surface area contributed by atoms with Crippen LogP contribution in [-0.2, 0) is 4.79 Å². The van der Waals surface area contributed by atoms with Gasteiger partial charge in [0.05, 0.1) is 0 Å². The van der Waals surface area contributed by atoms with Gasteiger partial charge in [-0.2, -0.15) is 0 Å². The van der Waals surface area contributed by atoms with Crippen LogP contribution in [-0.4, -0.2) is 18.0 Å². The minimum atomic E-state index is -0.284. The van der Waals surface area contributed by atoms with Gasteiger partial charge < -0.3 is 11.1 Å². The Bertz CT molecular complexity index is 287. The summed E-state index contributed by atoms with van der Waals surface area (Å²) in [6.07, 6.45) is 5.96. The van der Waals surface area contributed by atoms with E-state index in [1.165, 1.54) is 19.3 Å². The number of fused-ring (bicyclic) bond motifs is 2. The van der Waals surface area contributed by atoms with Crippen LogP contribution in [0.1, 0.15) is 52.9 Å². The van der Waals surface area contributed by atoms with Gasteiger partial charge in [0.2, 0.25) is 5.91 Å². The van der Waals surface area contributed by atoms with Crippen molar-refractivity contribution in [2.24, 2.45) is 23.0 Å². The Morgan fingerprint density at radius 2 is 1.67 bits per heavy atom. The van der Waals surface area contributed by atoms with Gasteiger partial charge in [0.25, 0.3) is 0 Å². The summed E-state index contributed by atoms with van der Waals surface area (Å²) in [6.45, 7) is 5.94. The standard InChI is InChI=1S/C14H26N2O.ClH/c1-14(2,3)13(17)16-12-9-5-4-6-10(12)8-11(15)7-9;/h9-12H,4-8,15H2,1-3H3,(H,16,17);1H. The highest BCUT2D eigenvalue weighted by Gasteiger charge is 2.40. The molecule has 4 heteroatoms. The van der Waals surface area contributed by atoms with Crippen molar-refractivity contribution in [2.75, 3.05) is 0 Å². The first-order chi connectivity index (χ1) is 7.88. The molecule has 0 aromatic rings. The Balaban J connectivity index is 0.00000162. The molecule has 2 atom stereocenters. The zero-order chi connectivity index (χ0) is 12.6. The highest BCUT2D eigenvalue weighted by Crippen LogP contribution is 2.40. The molecule has 0 spiro atoms. The molecule has 106 valence electrons. The van der Waals surface area contributed by atoms with Crippen molar-refractivity contribution in [1.29, 1.82) is 0 Å². The average Bonchev–Trinajstić information content (AvgIpc) is 2.17. The molecule has 2 fully saturated rings. The van der Waals surface area contributed by atoms with E-state index in [9.17, 15) is 4.79 Å². The minimum Gasteiger partial charge on any atom is -0.352 e. The lowest BCUT2D eigenvalue weighted by atomic mass is 9.66. The zero-order valence-electron chi connectivity index (χ0n) is 11.7. The number of carbonyl (C=O) groups excluding carboxylic acids is 1. The second-order valence-electron chi connectivity index (χ2n) is 6.93. The van der Waals surface area contributed by atoms with Gasteiger partial charge in [0.15, 0.2) is 0 Å². The quantitative estimate of drug-likeness (QED) is 0.772. The number of nitrogens with two attached hydrogens (primary N) is 1. The predicted octanol–water partition coefficient (Wildman–Crippen LogP) is 2.48. The molecule has 0 aliphatic heterocycles. The lowest BCUT2D eigenvalue weighted by Crippen LogP contribution is -2.55. The van der Waals surface area contributed by atoms with Crippen LogP contribution < -0.4 is 11.1 Å². The van der Waals surface area contributed by atoms with Crippen LogP contribution in [0.2, 0.25) is 0 Å². The third-order valence-corrected chi connectivity index (χ3v) is 4.36. The number of carbonyl (C=O) groups is 1. The van der Waals surface area contributed by atoms with Crippen molar-refractivity contribution in [2.45, 2.75) is 65.0 Å². The fraction of sp³-hybridized carbons (Fsp3) is 0.929. The van der Waals surface area contributed by atoms with Gasteiger partial charge in [0.1, 0.15) is 0 Å². The molecule has 2 aliphatic rings. The Morgan fingerprint density at radius 3 is 2.11 bits per heavy atom. The number of halogens is 1. The van der Waals surface area contributed by atoms with Gasteiger partial charge >= 0.3 is 0 Å². The molecule has 0 heterocycles. The number of amides is 1. The van der Waals surface area contributed by atoms with Gasteiger partial charge in [-0.3, -0.25) is 4.79 Å². The third-order valence-electron chi connectivity index (χ3n) is 4.36. The maximum Gasteiger partial charge on any atom is 0.225 e. The van der Waals surface area contributed by atoms with Gasteiger partial charge in [0, 0.05) is 17.5 Å². The van der Waals surface area contributed by atoms with Crippen molar-refractivity contribution in [3.63, 3.8) is 0 Å². The summed E-state index contributed by atoms with van der Waals surface area (Å²) in [5.41, 5.74) is 5.81. The van der Waals surface area contributed by atoms with Gasteiger partial charge in [-0.05, 0) is 37.5 Å².